The summed E-state index contributed by atoms with van der Waals surface area (Å²) in [6.07, 6.45) is 0. The fourth-order valence-corrected chi connectivity index (χ4v) is 3.68. The average molecular weight is 452 g/mol. The maximum absolute atomic E-state index is 14.5. The van der Waals surface area contributed by atoms with Crippen molar-refractivity contribution in [2.45, 2.75) is 0 Å². The van der Waals surface area contributed by atoms with Crippen molar-refractivity contribution in [1.29, 1.82) is 0 Å². The number of nitrogens with one attached hydrogen (secondary N) is 1. The van der Waals surface area contributed by atoms with Crippen LogP contribution in [0, 0.1) is 17.5 Å². The predicted molar refractivity (Wildman–Crippen MR) is 113 cm³/mol. The number of carbonyl (C=O) groups is 2. The average Bonchev–Trinajstić information content (AvgIpc) is 3.04. The van der Waals surface area contributed by atoms with Crippen LogP contribution in [0.5, 0.6) is 11.5 Å². The first-order valence-corrected chi connectivity index (χ1v) is 9.93. The molecule has 2 amide bonds. The van der Waals surface area contributed by atoms with Crippen molar-refractivity contribution in [3.63, 3.8) is 0 Å². The molecule has 2 heterocycles. The Bertz CT molecular complexity index is 1320. The molecule has 2 aliphatic rings. The van der Waals surface area contributed by atoms with Crippen molar-refractivity contribution in [2.24, 2.45) is 0 Å². The quantitative estimate of drug-likeness (QED) is 0.599. The molecule has 5 rings (SSSR count). The Labute approximate surface area is 185 Å². The number of anilines is 2. The van der Waals surface area contributed by atoms with E-state index in [1.165, 1.54) is 12.1 Å². The van der Waals surface area contributed by atoms with Gasteiger partial charge in [-0.15, -0.1) is 0 Å². The summed E-state index contributed by atoms with van der Waals surface area (Å²) in [6.45, 7) is 0.764. The summed E-state index contributed by atoms with van der Waals surface area (Å²) in [5, 5.41) is 2.91. The number of fused-ring (bicyclic) bond motifs is 1. The van der Waals surface area contributed by atoms with Crippen LogP contribution in [0.2, 0.25) is 0 Å². The van der Waals surface area contributed by atoms with Crippen LogP contribution in [0.15, 0.2) is 66.4 Å². The molecular formula is C24H15F3N2O4. The number of amides is 2. The Morgan fingerprint density at radius 1 is 0.758 bits per heavy atom. The first-order valence-electron chi connectivity index (χ1n) is 9.93. The van der Waals surface area contributed by atoms with Gasteiger partial charge in [-0.05, 0) is 42.0 Å². The summed E-state index contributed by atoms with van der Waals surface area (Å²) in [5.74, 6) is -3.15. The molecule has 33 heavy (non-hydrogen) atoms. The van der Waals surface area contributed by atoms with Gasteiger partial charge < -0.3 is 14.8 Å². The molecule has 0 saturated heterocycles. The Morgan fingerprint density at radius 2 is 1.45 bits per heavy atom. The minimum Gasteiger partial charge on any atom is -0.486 e. The minimum atomic E-state index is -1.07. The van der Waals surface area contributed by atoms with Crippen molar-refractivity contribution in [3.8, 4) is 11.5 Å². The molecule has 0 aromatic heterocycles. The summed E-state index contributed by atoms with van der Waals surface area (Å²) in [4.78, 5) is 27.2. The zero-order valence-corrected chi connectivity index (χ0v) is 16.9. The Balaban J connectivity index is 1.59. The van der Waals surface area contributed by atoms with Gasteiger partial charge in [0.25, 0.3) is 11.8 Å². The molecule has 9 heteroatoms. The van der Waals surface area contributed by atoms with Crippen molar-refractivity contribution in [1.82, 2.24) is 0 Å². The maximum atomic E-state index is 14.5. The number of rotatable bonds is 4. The summed E-state index contributed by atoms with van der Waals surface area (Å²) >= 11 is 0. The van der Waals surface area contributed by atoms with Crippen LogP contribution in [-0.2, 0) is 9.59 Å². The van der Waals surface area contributed by atoms with E-state index in [0.717, 1.165) is 24.3 Å². The molecule has 2 aliphatic heterocycles. The fraction of sp³-hybridized carbons (Fsp3) is 0.0833. The maximum Gasteiger partial charge on any atom is 0.282 e. The van der Waals surface area contributed by atoms with Gasteiger partial charge >= 0.3 is 0 Å². The molecule has 0 saturated carbocycles. The van der Waals surface area contributed by atoms with E-state index in [0.29, 0.717) is 41.4 Å². The summed E-state index contributed by atoms with van der Waals surface area (Å²) in [7, 11) is 0. The topological polar surface area (TPSA) is 67.9 Å². The summed E-state index contributed by atoms with van der Waals surface area (Å²) in [5.41, 5.74) is 0.0341. The predicted octanol–water partition coefficient (Wildman–Crippen LogP) is 4.27. The van der Waals surface area contributed by atoms with E-state index in [2.05, 4.69) is 5.32 Å². The number of halogens is 3. The third-order valence-corrected chi connectivity index (χ3v) is 5.18. The van der Waals surface area contributed by atoms with Gasteiger partial charge in [-0.25, -0.2) is 18.1 Å². The highest BCUT2D eigenvalue weighted by Crippen LogP contribution is 2.37. The standard InChI is InChI=1S/C24H15F3N2O4/c25-14-3-1-13(2-4-14)21-22(28-16-6-8-19-20(12-16)33-10-9-32-19)24(31)29(23(21)30)18-7-5-15(26)11-17(18)27/h1-8,11-12,28H,9-10H2. The molecule has 0 bridgehead atoms. The highest BCUT2D eigenvalue weighted by atomic mass is 19.1. The van der Waals surface area contributed by atoms with E-state index in [1.54, 1.807) is 18.2 Å². The van der Waals surface area contributed by atoms with Crippen LogP contribution < -0.4 is 19.7 Å². The Kier molecular flexibility index (Phi) is 5.01. The van der Waals surface area contributed by atoms with E-state index in [1.807, 2.05) is 0 Å². The number of nitrogens with zero attached hydrogens (tertiary/aromatic N) is 1. The van der Waals surface area contributed by atoms with Crippen LogP contribution in [0.4, 0.5) is 24.5 Å². The van der Waals surface area contributed by atoms with Crippen molar-refractivity contribution in [3.05, 3.63) is 89.4 Å². The van der Waals surface area contributed by atoms with Crippen molar-refractivity contribution >= 4 is 28.8 Å². The van der Waals surface area contributed by atoms with Gasteiger partial charge in [0.05, 0.1) is 11.3 Å². The van der Waals surface area contributed by atoms with Crippen LogP contribution in [0.3, 0.4) is 0 Å². The third kappa shape index (κ3) is 3.67. The largest absolute Gasteiger partial charge is 0.486 e. The number of ether oxygens (including phenoxy) is 2. The lowest BCUT2D eigenvalue weighted by Crippen LogP contribution is -2.33. The van der Waals surface area contributed by atoms with E-state index in [4.69, 9.17) is 9.47 Å². The number of hydrogen-bond donors (Lipinski definition) is 1. The molecule has 0 aliphatic carbocycles. The molecule has 6 nitrogen and oxygen atoms in total. The number of imide groups is 1. The second kappa shape index (κ2) is 8.01. The lowest BCUT2D eigenvalue weighted by molar-refractivity contribution is -0.120. The number of hydrogen-bond acceptors (Lipinski definition) is 5. The summed E-state index contributed by atoms with van der Waals surface area (Å²) in [6, 6.07) is 12.4. The van der Waals surface area contributed by atoms with Crippen LogP contribution in [-0.4, -0.2) is 25.0 Å². The SMILES string of the molecule is O=C1C(Nc2ccc3c(c2)OCCO3)=C(c2ccc(F)cc2)C(=O)N1c1ccc(F)cc1F. The van der Waals surface area contributed by atoms with E-state index >= 15 is 0 Å². The van der Waals surface area contributed by atoms with Crippen molar-refractivity contribution in [2.75, 3.05) is 23.4 Å². The van der Waals surface area contributed by atoms with Gasteiger partial charge in [0.15, 0.2) is 11.5 Å². The first-order chi connectivity index (χ1) is 15.9. The third-order valence-electron chi connectivity index (χ3n) is 5.18. The molecule has 166 valence electrons. The molecule has 0 unspecified atom stereocenters. The van der Waals surface area contributed by atoms with Crippen molar-refractivity contribution < 1.29 is 32.2 Å². The van der Waals surface area contributed by atoms with E-state index in [-0.39, 0.29) is 16.8 Å². The lowest BCUT2D eigenvalue weighted by Gasteiger charge is -2.19. The van der Waals surface area contributed by atoms with E-state index < -0.39 is 35.0 Å². The molecule has 0 fully saturated rings. The molecular weight excluding hydrogens is 437 g/mol. The van der Waals surface area contributed by atoms with Crippen LogP contribution in [0.1, 0.15) is 5.56 Å². The van der Waals surface area contributed by atoms with E-state index in [9.17, 15) is 22.8 Å². The monoisotopic (exact) mass is 452 g/mol. The fourth-order valence-electron chi connectivity index (χ4n) is 3.68. The molecule has 1 N–H and O–H groups in total. The van der Waals surface area contributed by atoms with Gasteiger partial charge in [-0.2, -0.15) is 0 Å². The Morgan fingerprint density at radius 3 is 2.18 bits per heavy atom. The van der Waals surface area contributed by atoms with Gasteiger partial charge in [0.2, 0.25) is 0 Å². The highest BCUT2D eigenvalue weighted by Gasteiger charge is 2.41. The molecule has 0 spiro atoms. The zero-order valence-electron chi connectivity index (χ0n) is 16.9. The Hall–Kier alpha value is -4.27. The highest BCUT2D eigenvalue weighted by molar-refractivity contribution is 6.46. The number of benzene rings is 3. The van der Waals surface area contributed by atoms with Gasteiger partial charge in [-0.3, -0.25) is 9.59 Å². The first kappa shape index (κ1) is 20.6. The molecule has 0 atom stereocenters. The van der Waals surface area contributed by atoms with Crippen LogP contribution >= 0.6 is 0 Å². The molecule has 3 aromatic rings. The second-order valence-electron chi connectivity index (χ2n) is 7.28. The van der Waals surface area contributed by atoms with Gasteiger partial charge in [0, 0.05) is 17.8 Å². The second-order valence-corrected chi connectivity index (χ2v) is 7.28. The smallest absolute Gasteiger partial charge is 0.282 e. The van der Waals surface area contributed by atoms with Gasteiger partial charge in [0.1, 0.15) is 36.4 Å². The molecule has 0 radical (unpaired) electrons. The van der Waals surface area contributed by atoms with Gasteiger partial charge in [-0.1, -0.05) is 12.1 Å². The molecule has 3 aromatic carbocycles. The van der Waals surface area contributed by atoms with Crippen LogP contribution in [0.25, 0.3) is 5.57 Å². The zero-order chi connectivity index (χ0) is 23.1. The number of carbonyl (C=O) groups excluding carboxylic acids is 2. The normalized spacial score (nSPS) is 15.3. The summed E-state index contributed by atoms with van der Waals surface area (Å²) < 4.78 is 52.4. The lowest BCUT2D eigenvalue weighted by atomic mass is 10.0. The minimum absolute atomic E-state index is 0.0846.